The monoisotopic (exact) mass is 236 g/mol. The van der Waals surface area contributed by atoms with E-state index in [-0.39, 0.29) is 6.61 Å². The van der Waals surface area contributed by atoms with E-state index >= 15 is 0 Å². The second kappa shape index (κ2) is 7.53. The standard InChI is InChI=1S/C9H16O5S/c1-3-13-4-7(8(10)11)14-9(12)6(2)5-15/h6-7,15H,3-5H2,1-2H3,(H,10,11)/t6-,7+/m1/s1. The topological polar surface area (TPSA) is 72.8 Å². The number of ether oxygens (including phenoxy) is 2. The first-order valence-electron chi connectivity index (χ1n) is 4.64. The van der Waals surface area contributed by atoms with Crippen LogP contribution >= 0.6 is 12.6 Å². The highest BCUT2D eigenvalue weighted by molar-refractivity contribution is 7.80. The van der Waals surface area contributed by atoms with Crippen LogP contribution in [0.4, 0.5) is 0 Å². The molecule has 0 aromatic carbocycles. The van der Waals surface area contributed by atoms with E-state index in [4.69, 9.17) is 14.6 Å². The largest absolute Gasteiger partial charge is 0.478 e. The molecule has 0 heterocycles. The van der Waals surface area contributed by atoms with Crippen LogP contribution in [0, 0.1) is 5.92 Å². The van der Waals surface area contributed by atoms with Gasteiger partial charge in [0, 0.05) is 12.4 Å². The fourth-order valence-electron chi connectivity index (χ4n) is 0.712. The molecular formula is C9H16O5S. The van der Waals surface area contributed by atoms with E-state index in [9.17, 15) is 9.59 Å². The van der Waals surface area contributed by atoms with Gasteiger partial charge in [0.2, 0.25) is 6.10 Å². The maximum Gasteiger partial charge on any atom is 0.347 e. The fourth-order valence-corrected chi connectivity index (χ4v) is 0.861. The third-order valence-electron chi connectivity index (χ3n) is 1.68. The first-order chi connectivity index (χ1) is 7.02. The first-order valence-corrected chi connectivity index (χ1v) is 5.28. The molecular weight excluding hydrogens is 220 g/mol. The van der Waals surface area contributed by atoms with Crippen LogP contribution < -0.4 is 0 Å². The molecule has 0 fully saturated rings. The molecule has 0 saturated heterocycles. The van der Waals surface area contributed by atoms with Crippen molar-refractivity contribution in [2.24, 2.45) is 5.92 Å². The van der Waals surface area contributed by atoms with Crippen molar-refractivity contribution in [2.45, 2.75) is 20.0 Å². The predicted octanol–water partition coefficient (Wildman–Crippen LogP) is 0.585. The summed E-state index contributed by atoms with van der Waals surface area (Å²) in [6.45, 7) is 3.60. The van der Waals surface area contributed by atoms with Crippen molar-refractivity contribution < 1.29 is 24.2 Å². The molecule has 0 aliphatic heterocycles. The maximum atomic E-state index is 11.3. The van der Waals surface area contributed by atoms with Gasteiger partial charge in [0.05, 0.1) is 12.5 Å². The van der Waals surface area contributed by atoms with Gasteiger partial charge in [0.1, 0.15) is 0 Å². The molecule has 0 unspecified atom stereocenters. The number of aliphatic carboxylic acids is 1. The maximum absolute atomic E-state index is 11.3. The second-order valence-corrected chi connectivity index (χ2v) is 3.37. The fraction of sp³-hybridized carbons (Fsp3) is 0.778. The van der Waals surface area contributed by atoms with Gasteiger partial charge >= 0.3 is 11.9 Å². The van der Waals surface area contributed by atoms with E-state index in [0.29, 0.717) is 12.4 Å². The lowest BCUT2D eigenvalue weighted by Crippen LogP contribution is -2.33. The third-order valence-corrected chi connectivity index (χ3v) is 2.23. The molecule has 88 valence electrons. The molecule has 15 heavy (non-hydrogen) atoms. The van der Waals surface area contributed by atoms with E-state index in [0.717, 1.165) is 0 Å². The Kier molecular flexibility index (Phi) is 7.15. The minimum atomic E-state index is -1.24. The van der Waals surface area contributed by atoms with Crippen LogP contribution in [-0.2, 0) is 19.1 Å². The van der Waals surface area contributed by atoms with Gasteiger partial charge in [0.15, 0.2) is 0 Å². The normalized spacial score (nSPS) is 14.3. The lowest BCUT2D eigenvalue weighted by Gasteiger charge is -2.15. The molecule has 1 N–H and O–H groups in total. The summed E-state index contributed by atoms with van der Waals surface area (Å²) >= 11 is 3.92. The van der Waals surface area contributed by atoms with Gasteiger partial charge in [-0.1, -0.05) is 6.92 Å². The van der Waals surface area contributed by atoms with Crippen molar-refractivity contribution in [3.05, 3.63) is 0 Å². The molecule has 0 rings (SSSR count). The van der Waals surface area contributed by atoms with Crippen LogP contribution in [0.25, 0.3) is 0 Å². The highest BCUT2D eigenvalue weighted by atomic mass is 32.1. The number of carboxylic acid groups (broad SMARTS) is 1. The Morgan fingerprint density at radius 3 is 2.47 bits per heavy atom. The van der Waals surface area contributed by atoms with Crippen molar-refractivity contribution in [2.75, 3.05) is 19.0 Å². The third kappa shape index (κ3) is 5.64. The number of carbonyl (C=O) groups is 2. The van der Waals surface area contributed by atoms with Crippen LogP contribution in [0.2, 0.25) is 0 Å². The second-order valence-electron chi connectivity index (χ2n) is 3.01. The number of thiol groups is 1. The van der Waals surface area contributed by atoms with E-state index in [1.54, 1.807) is 13.8 Å². The van der Waals surface area contributed by atoms with Crippen molar-refractivity contribution in [1.82, 2.24) is 0 Å². The SMILES string of the molecule is CCOC[C@H](OC(=O)[C@H](C)CS)C(=O)O. The molecule has 6 heteroatoms. The van der Waals surface area contributed by atoms with Gasteiger partial charge in [-0.05, 0) is 6.92 Å². The summed E-state index contributed by atoms with van der Waals surface area (Å²) in [6, 6.07) is 0. The minimum absolute atomic E-state index is 0.128. The molecule has 0 aliphatic rings. The molecule has 0 saturated carbocycles. The predicted molar refractivity (Wildman–Crippen MR) is 57.0 cm³/mol. The van der Waals surface area contributed by atoms with E-state index in [1.165, 1.54) is 0 Å². The van der Waals surface area contributed by atoms with Gasteiger partial charge in [-0.3, -0.25) is 4.79 Å². The molecule has 0 radical (unpaired) electrons. The summed E-state index contributed by atoms with van der Waals surface area (Å²) in [5.41, 5.74) is 0. The van der Waals surface area contributed by atoms with Crippen LogP contribution in [0.15, 0.2) is 0 Å². The zero-order chi connectivity index (χ0) is 11.8. The van der Waals surface area contributed by atoms with Crippen molar-refractivity contribution in [1.29, 1.82) is 0 Å². The molecule has 2 atom stereocenters. The summed E-state index contributed by atoms with van der Waals surface area (Å²) in [7, 11) is 0. The number of carboxylic acids is 1. The summed E-state index contributed by atoms with van der Waals surface area (Å²) in [4.78, 5) is 21.9. The summed E-state index contributed by atoms with van der Waals surface area (Å²) in [6.07, 6.45) is -1.24. The number of carbonyl (C=O) groups excluding carboxylic acids is 1. The Hall–Kier alpha value is -0.750. The summed E-state index contributed by atoms with van der Waals surface area (Å²) < 4.78 is 9.65. The average molecular weight is 236 g/mol. The lowest BCUT2D eigenvalue weighted by atomic mass is 10.2. The Morgan fingerprint density at radius 2 is 2.07 bits per heavy atom. The molecule has 0 bridgehead atoms. The summed E-state index contributed by atoms with van der Waals surface area (Å²) in [5, 5.41) is 8.73. The highest BCUT2D eigenvalue weighted by Gasteiger charge is 2.24. The van der Waals surface area contributed by atoms with Crippen molar-refractivity contribution in [3.63, 3.8) is 0 Å². The van der Waals surface area contributed by atoms with Gasteiger partial charge in [-0.15, -0.1) is 0 Å². The van der Waals surface area contributed by atoms with Crippen LogP contribution in [0.3, 0.4) is 0 Å². The highest BCUT2D eigenvalue weighted by Crippen LogP contribution is 2.04. The van der Waals surface area contributed by atoms with Gasteiger partial charge in [0.25, 0.3) is 0 Å². The van der Waals surface area contributed by atoms with Crippen molar-refractivity contribution >= 4 is 24.6 Å². The number of hydrogen-bond acceptors (Lipinski definition) is 5. The van der Waals surface area contributed by atoms with E-state index in [2.05, 4.69) is 12.6 Å². The molecule has 0 spiro atoms. The number of rotatable bonds is 7. The zero-order valence-electron chi connectivity index (χ0n) is 8.80. The Balaban J connectivity index is 4.16. The average Bonchev–Trinajstić information content (AvgIpc) is 2.22. The van der Waals surface area contributed by atoms with Gasteiger partial charge in [-0.2, -0.15) is 12.6 Å². The molecule has 0 aromatic heterocycles. The van der Waals surface area contributed by atoms with Crippen LogP contribution in [-0.4, -0.2) is 42.1 Å². The molecule has 5 nitrogen and oxygen atoms in total. The van der Waals surface area contributed by atoms with Gasteiger partial charge < -0.3 is 14.6 Å². The zero-order valence-corrected chi connectivity index (χ0v) is 9.70. The molecule has 0 aliphatic carbocycles. The molecule has 0 aromatic rings. The Bertz CT molecular complexity index is 219. The van der Waals surface area contributed by atoms with E-state index < -0.39 is 24.0 Å². The van der Waals surface area contributed by atoms with Crippen LogP contribution in [0.5, 0.6) is 0 Å². The van der Waals surface area contributed by atoms with Gasteiger partial charge in [-0.25, -0.2) is 4.79 Å². The summed E-state index contributed by atoms with van der Waals surface area (Å²) in [5.74, 6) is -1.88. The minimum Gasteiger partial charge on any atom is -0.478 e. The van der Waals surface area contributed by atoms with E-state index in [1.807, 2.05) is 0 Å². The Labute approximate surface area is 94.2 Å². The smallest absolute Gasteiger partial charge is 0.347 e. The quantitative estimate of drug-likeness (QED) is 0.500. The van der Waals surface area contributed by atoms with Crippen LogP contribution in [0.1, 0.15) is 13.8 Å². The first kappa shape index (κ1) is 14.2. The Morgan fingerprint density at radius 1 is 1.47 bits per heavy atom. The lowest BCUT2D eigenvalue weighted by molar-refractivity contribution is -0.170. The molecule has 0 amide bonds. The van der Waals surface area contributed by atoms with Crippen molar-refractivity contribution in [3.8, 4) is 0 Å². The number of hydrogen-bond donors (Lipinski definition) is 2. The number of esters is 1.